The van der Waals surface area contributed by atoms with E-state index in [0.29, 0.717) is 0 Å². The molecule has 0 saturated heterocycles. The van der Waals surface area contributed by atoms with Gasteiger partial charge in [-0.15, -0.1) is 0 Å². The van der Waals surface area contributed by atoms with Crippen LogP contribution in [-0.4, -0.2) is 5.75 Å². The average molecular weight is 359 g/mol. The summed E-state index contributed by atoms with van der Waals surface area (Å²) in [5.74, 6) is 2.35. The summed E-state index contributed by atoms with van der Waals surface area (Å²) in [5.41, 5.74) is 1.39. The minimum Gasteiger partial charge on any atom is -0.194 e. The van der Waals surface area contributed by atoms with Crippen molar-refractivity contribution in [3.05, 3.63) is 28.5 Å². The predicted octanol–water partition coefficient (Wildman–Crippen LogP) is 5.74. The Hall–Kier alpha value is -0.0200. The van der Waals surface area contributed by atoms with Gasteiger partial charge < -0.3 is 0 Å². The number of rotatable bonds is 11. The van der Waals surface area contributed by atoms with Crippen LogP contribution in [0.25, 0.3) is 0 Å². The molecule has 0 atom stereocenters. The predicted molar refractivity (Wildman–Crippen MR) is 94.2 cm³/mol. The zero-order valence-corrected chi connectivity index (χ0v) is 15.4. The zero-order valence-electron chi connectivity index (χ0n) is 13.0. The number of aromatic nitrogens is 1. The fourth-order valence-corrected chi connectivity index (χ4v) is 3.82. The Kier molecular flexibility index (Phi) is 10.5. The standard InChI is InChI=1S/C17H29BrNS/c1-3-5-6-7-8-9-10-13-20-15-19-12-11-16(4-2)17(18)14-19/h11-12,14H,3-10,13,15H2,1-2H3/q+1. The first-order valence-corrected chi connectivity index (χ1v) is 9.98. The lowest BCUT2D eigenvalue weighted by Gasteiger charge is -2.02. The Labute approximate surface area is 137 Å². The van der Waals surface area contributed by atoms with Crippen molar-refractivity contribution in [2.24, 2.45) is 0 Å². The highest BCUT2D eigenvalue weighted by molar-refractivity contribution is 9.10. The zero-order chi connectivity index (χ0) is 14.6. The van der Waals surface area contributed by atoms with Gasteiger partial charge in [-0.05, 0) is 40.1 Å². The Morgan fingerprint density at radius 2 is 1.75 bits per heavy atom. The summed E-state index contributed by atoms with van der Waals surface area (Å²) in [6.07, 6.45) is 15.3. The van der Waals surface area contributed by atoms with Crippen LogP contribution in [0.4, 0.5) is 0 Å². The van der Waals surface area contributed by atoms with Gasteiger partial charge in [0.2, 0.25) is 0 Å². The Morgan fingerprint density at radius 1 is 1.05 bits per heavy atom. The van der Waals surface area contributed by atoms with E-state index >= 15 is 0 Å². The van der Waals surface area contributed by atoms with E-state index < -0.39 is 0 Å². The summed E-state index contributed by atoms with van der Waals surface area (Å²) in [4.78, 5) is 0. The number of hydrogen-bond donors (Lipinski definition) is 0. The molecule has 0 bridgehead atoms. The number of thioether (sulfide) groups is 1. The third-order valence-electron chi connectivity index (χ3n) is 3.57. The molecule has 0 aliphatic rings. The third kappa shape index (κ3) is 7.68. The van der Waals surface area contributed by atoms with Crippen molar-refractivity contribution >= 4 is 27.7 Å². The molecule has 0 radical (unpaired) electrons. The van der Waals surface area contributed by atoms with Crippen molar-refractivity contribution in [1.82, 2.24) is 0 Å². The topological polar surface area (TPSA) is 3.88 Å². The molecule has 0 aliphatic carbocycles. The van der Waals surface area contributed by atoms with Crippen LogP contribution in [0, 0.1) is 0 Å². The molecule has 0 amide bonds. The minimum absolute atomic E-state index is 1.07. The molecule has 114 valence electrons. The molecule has 0 saturated carbocycles. The van der Waals surface area contributed by atoms with E-state index in [1.54, 1.807) is 0 Å². The van der Waals surface area contributed by atoms with Crippen molar-refractivity contribution < 1.29 is 4.57 Å². The van der Waals surface area contributed by atoms with Gasteiger partial charge in [0.1, 0.15) is 0 Å². The van der Waals surface area contributed by atoms with Crippen LogP contribution in [0.3, 0.4) is 0 Å². The fourth-order valence-electron chi connectivity index (χ4n) is 2.24. The Bertz CT molecular complexity index is 368. The van der Waals surface area contributed by atoms with Gasteiger partial charge in [-0.25, -0.2) is 0 Å². The molecule has 1 aromatic heterocycles. The van der Waals surface area contributed by atoms with Crippen molar-refractivity contribution in [1.29, 1.82) is 0 Å². The highest BCUT2D eigenvalue weighted by atomic mass is 79.9. The SMILES string of the molecule is CCCCCCCCCSC[n+]1ccc(CC)c(Br)c1. The van der Waals surface area contributed by atoms with E-state index in [4.69, 9.17) is 0 Å². The first-order valence-electron chi connectivity index (χ1n) is 8.03. The number of aryl methyl sites for hydroxylation is 1. The molecule has 3 heteroatoms. The van der Waals surface area contributed by atoms with E-state index in [2.05, 4.69) is 52.8 Å². The smallest absolute Gasteiger partial charge is 0.194 e. The monoisotopic (exact) mass is 358 g/mol. The van der Waals surface area contributed by atoms with Gasteiger partial charge in [0, 0.05) is 6.07 Å². The van der Waals surface area contributed by atoms with E-state index in [0.717, 1.165) is 12.3 Å². The number of hydrogen-bond acceptors (Lipinski definition) is 1. The second-order valence-electron chi connectivity index (χ2n) is 5.34. The molecule has 0 spiro atoms. The number of nitrogens with zero attached hydrogens (tertiary/aromatic N) is 1. The number of unbranched alkanes of at least 4 members (excludes halogenated alkanes) is 6. The first kappa shape index (κ1) is 18.0. The maximum atomic E-state index is 3.64. The van der Waals surface area contributed by atoms with Gasteiger partial charge in [0.15, 0.2) is 18.3 Å². The molecule has 0 aromatic carbocycles. The second-order valence-corrected chi connectivity index (χ2v) is 7.27. The van der Waals surface area contributed by atoms with Crippen LogP contribution in [-0.2, 0) is 12.3 Å². The van der Waals surface area contributed by atoms with Gasteiger partial charge >= 0.3 is 0 Å². The quantitative estimate of drug-likeness (QED) is 0.360. The summed E-state index contributed by atoms with van der Waals surface area (Å²) >= 11 is 5.68. The fraction of sp³-hybridized carbons (Fsp3) is 0.706. The van der Waals surface area contributed by atoms with E-state index in [1.165, 1.54) is 60.7 Å². The molecule has 0 unspecified atom stereocenters. The third-order valence-corrected chi connectivity index (χ3v) is 5.34. The summed E-state index contributed by atoms with van der Waals surface area (Å²) in [7, 11) is 0. The van der Waals surface area contributed by atoms with Crippen LogP contribution in [0.2, 0.25) is 0 Å². The largest absolute Gasteiger partial charge is 0.194 e. The Morgan fingerprint density at radius 3 is 2.40 bits per heavy atom. The van der Waals surface area contributed by atoms with Crippen LogP contribution >= 0.6 is 27.7 Å². The normalized spacial score (nSPS) is 10.9. The Balaban J connectivity index is 2.05. The van der Waals surface area contributed by atoms with Gasteiger partial charge in [0.05, 0.1) is 4.47 Å². The molecule has 0 N–H and O–H groups in total. The lowest BCUT2D eigenvalue weighted by Crippen LogP contribution is -2.31. The average Bonchev–Trinajstić information content (AvgIpc) is 2.46. The second kappa shape index (κ2) is 11.6. The molecule has 20 heavy (non-hydrogen) atoms. The van der Waals surface area contributed by atoms with Gasteiger partial charge in [-0.2, -0.15) is 4.57 Å². The summed E-state index contributed by atoms with van der Waals surface area (Å²) < 4.78 is 3.51. The van der Waals surface area contributed by atoms with Gasteiger partial charge in [-0.3, -0.25) is 0 Å². The van der Waals surface area contributed by atoms with Crippen molar-refractivity contribution in [2.75, 3.05) is 5.75 Å². The number of pyridine rings is 1. The molecular weight excluding hydrogens is 330 g/mol. The highest BCUT2D eigenvalue weighted by Crippen LogP contribution is 2.15. The minimum atomic E-state index is 1.07. The molecule has 1 heterocycles. The van der Waals surface area contributed by atoms with Crippen molar-refractivity contribution in [2.45, 2.75) is 71.1 Å². The van der Waals surface area contributed by atoms with Crippen LogP contribution in [0.5, 0.6) is 0 Å². The number of halogens is 1. The molecule has 0 aliphatic heterocycles. The van der Waals surface area contributed by atoms with Crippen molar-refractivity contribution in [3.8, 4) is 0 Å². The lowest BCUT2D eigenvalue weighted by molar-refractivity contribution is -0.676. The molecule has 1 rings (SSSR count). The first-order chi connectivity index (χ1) is 9.77. The molecule has 1 nitrogen and oxygen atoms in total. The van der Waals surface area contributed by atoms with E-state index in [1.807, 2.05) is 11.8 Å². The van der Waals surface area contributed by atoms with E-state index in [-0.39, 0.29) is 0 Å². The lowest BCUT2D eigenvalue weighted by atomic mass is 10.1. The highest BCUT2D eigenvalue weighted by Gasteiger charge is 2.05. The molecule has 0 fully saturated rings. The summed E-state index contributed by atoms with van der Waals surface area (Å²) in [5, 5.41) is 0. The van der Waals surface area contributed by atoms with Gasteiger partial charge in [-0.1, -0.05) is 64.1 Å². The molecule has 1 aromatic rings. The molecular formula is C17H29BrNS+. The van der Waals surface area contributed by atoms with Crippen LogP contribution in [0.1, 0.15) is 64.4 Å². The van der Waals surface area contributed by atoms with E-state index in [9.17, 15) is 0 Å². The van der Waals surface area contributed by atoms with Crippen LogP contribution < -0.4 is 4.57 Å². The summed E-state index contributed by atoms with van der Waals surface area (Å²) in [6.45, 7) is 4.47. The van der Waals surface area contributed by atoms with Crippen molar-refractivity contribution in [3.63, 3.8) is 0 Å². The summed E-state index contributed by atoms with van der Waals surface area (Å²) in [6, 6.07) is 2.22. The van der Waals surface area contributed by atoms with Gasteiger partial charge in [0.25, 0.3) is 0 Å². The maximum absolute atomic E-state index is 3.64. The maximum Gasteiger partial charge on any atom is 0.194 e. The van der Waals surface area contributed by atoms with Crippen LogP contribution in [0.15, 0.2) is 22.9 Å².